The molecule has 1 aliphatic rings. The molecule has 1 aromatic rings. The second-order valence-electron chi connectivity index (χ2n) is 3.19. The summed E-state index contributed by atoms with van der Waals surface area (Å²) in [6, 6.07) is 1.87. The van der Waals surface area contributed by atoms with Crippen molar-refractivity contribution in [2.45, 2.75) is 25.2 Å². The van der Waals surface area contributed by atoms with Crippen molar-refractivity contribution in [3.05, 3.63) is 22.5 Å². The summed E-state index contributed by atoms with van der Waals surface area (Å²) in [5.41, 5.74) is 2.24. The molecule has 0 amide bonds. The molecule has 0 saturated heterocycles. The van der Waals surface area contributed by atoms with Crippen molar-refractivity contribution in [2.24, 2.45) is 0 Å². The second-order valence-corrected chi connectivity index (χ2v) is 3.59. The number of aryl methyl sites for hydroxylation is 1. The third kappa shape index (κ3) is 1.16. The first kappa shape index (κ1) is 7.87. The number of aldehydes is 1. The number of fused-ring (bicyclic) bond motifs is 1. The van der Waals surface area contributed by atoms with Crippen LogP contribution in [0.2, 0.25) is 5.15 Å². The van der Waals surface area contributed by atoms with Crippen LogP contribution in [-0.4, -0.2) is 11.3 Å². The average Bonchev–Trinajstić information content (AvgIpc) is 2.44. The maximum Gasteiger partial charge on any atom is 0.127 e. The first-order valence-corrected chi connectivity index (χ1v) is 4.51. The molecule has 2 rings (SSSR count). The average molecular weight is 184 g/mol. The zero-order valence-corrected chi connectivity index (χ0v) is 7.40. The van der Waals surface area contributed by atoms with Crippen LogP contribution in [0.25, 0.3) is 0 Å². The van der Waals surface area contributed by atoms with Gasteiger partial charge in [-0.1, -0.05) is 11.6 Å². The van der Waals surface area contributed by atoms with Gasteiger partial charge in [0.05, 0.1) is 0 Å². The summed E-state index contributed by atoms with van der Waals surface area (Å²) in [4.78, 5) is 13.7. The molecule has 0 radical (unpaired) electrons. The zero-order chi connectivity index (χ0) is 8.55. The molecule has 0 bridgehead atoms. The Morgan fingerprint density at radius 2 is 2.50 bits per heavy atom. The molecule has 0 spiro atoms. The Balaban J connectivity index is 2.43. The van der Waals surface area contributed by atoms with E-state index in [2.05, 4.69) is 4.98 Å². The van der Waals surface area contributed by atoms with Crippen molar-refractivity contribution in [3.8, 4) is 0 Å². The molecule has 2 nitrogen and oxygen atoms in total. The molecule has 12 heavy (non-hydrogen) atoms. The third-order valence-electron chi connectivity index (χ3n) is 2.41. The van der Waals surface area contributed by atoms with Crippen LogP contribution in [0, 0.1) is 0 Å². The Hall–Kier alpha value is -0.760. The lowest BCUT2D eigenvalue weighted by molar-refractivity contribution is -0.109. The van der Waals surface area contributed by atoms with Crippen LogP contribution in [0.3, 0.4) is 0 Å². The van der Waals surface area contributed by atoms with Gasteiger partial charge < -0.3 is 9.78 Å². The molecule has 0 fully saturated rings. The first-order chi connectivity index (χ1) is 5.81. The number of carbonyl (C=O) groups is 1. The molecule has 3 heteroatoms. The highest BCUT2D eigenvalue weighted by Crippen LogP contribution is 2.31. The molecule has 1 atom stereocenters. The van der Waals surface area contributed by atoms with E-state index < -0.39 is 0 Å². The van der Waals surface area contributed by atoms with E-state index in [4.69, 9.17) is 11.6 Å². The minimum absolute atomic E-state index is 0.0671. The van der Waals surface area contributed by atoms with Gasteiger partial charge in [0.1, 0.15) is 11.4 Å². The molecule has 1 aromatic heterocycles. The molecule has 0 aromatic carbocycles. The van der Waals surface area contributed by atoms with Crippen molar-refractivity contribution in [2.75, 3.05) is 0 Å². The van der Waals surface area contributed by atoms with E-state index in [1.54, 1.807) is 0 Å². The first-order valence-electron chi connectivity index (χ1n) is 4.14. The number of H-pyrrole nitrogens is 1. The normalized spacial score (nSPS) is 21.9. The molecule has 64 valence electrons. The summed E-state index contributed by atoms with van der Waals surface area (Å²) in [6.07, 6.45) is 4.08. The number of hydrogen-bond donors (Lipinski definition) is 1. The lowest BCUT2D eigenvalue weighted by atomic mass is 9.88. The number of aromatic nitrogens is 1. The van der Waals surface area contributed by atoms with E-state index in [1.807, 2.05) is 6.07 Å². The van der Waals surface area contributed by atoms with Crippen molar-refractivity contribution < 1.29 is 4.79 Å². The van der Waals surface area contributed by atoms with Gasteiger partial charge in [-0.25, -0.2) is 0 Å². The summed E-state index contributed by atoms with van der Waals surface area (Å²) in [6.45, 7) is 0. The minimum atomic E-state index is 0.0671. The maximum absolute atomic E-state index is 10.7. The van der Waals surface area contributed by atoms with Crippen LogP contribution in [0.15, 0.2) is 6.07 Å². The lowest BCUT2D eigenvalue weighted by Crippen LogP contribution is -2.08. The van der Waals surface area contributed by atoms with Crippen molar-refractivity contribution in [1.29, 1.82) is 0 Å². The zero-order valence-electron chi connectivity index (χ0n) is 6.64. The largest absolute Gasteiger partial charge is 0.349 e. The van der Waals surface area contributed by atoms with E-state index in [9.17, 15) is 4.79 Å². The quantitative estimate of drug-likeness (QED) is 0.666. The van der Waals surface area contributed by atoms with Crippen molar-refractivity contribution in [3.63, 3.8) is 0 Å². The molecule has 1 heterocycles. The summed E-state index contributed by atoms with van der Waals surface area (Å²) in [5.74, 6) is 0.0671. The predicted molar refractivity (Wildman–Crippen MR) is 47.5 cm³/mol. The van der Waals surface area contributed by atoms with Gasteiger partial charge in [-0.3, -0.25) is 0 Å². The van der Waals surface area contributed by atoms with Crippen molar-refractivity contribution >= 4 is 17.9 Å². The number of carbonyl (C=O) groups excluding carboxylic acids is 1. The Bertz CT molecular complexity index is 305. The molecule has 1 N–H and O–H groups in total. The molecular formula is C9H10ClNO. The Labute approximate surface area is 75.9 Å². The van der Waals surface area contributed by atoms with Crippen LogP contribution in [-0.2, 0) is 11.2 Å². The molecular weight excluding hydrogens is 174 g/mol. The van der Waals surface area contributed by atoms with Gasteiger partial charge in [-0.15, -0.1) is 0 Å². The number of hydrogen-bond acceptors (Lipinski definition) is 1. The second kappa shape index (κ2) is 2.94. The molecule has 0 aliphatic heterocycles. The standard InChI is InChI=1S/C9H10ClNO/c10-9-4-7-6(5-12)2-1-3-8(7)11-9/h4-6,11H,1-3H2. The SMILES string of the molecule is O=CC1CCCc2[nH]c(Cl)cc21. The van der Waals surface area contributed by atoms with Crippen molar-refractivity contribution in [1.82, 2.24) is 4.98 Å². The lowest BCUT2D eigenvalue weighted by Gasteiger charge is -2.16. The fourth-order valence-corrected chi connectivity index (χ4v) is 2.04. The summed E-state index contributed by atoms with van der Waals surface area (Å²) in [5, 5.41) is 0.647. The van der Waals surface area contributed by atoms with Gasteiger partial charge in [-0.05, 0) is 30.9 Å². The summed E-state index contributed by atoms with van der Waals surface area (Å²) < 4.78 is 0. The third-order valence-corrected chi connectivity index (χ3v) is 2.61. The smallest absolute Gasteiger partial charge is 0.127 e. The highest BCUT2D eigenvalue weighted by molar-refractivity contribution is 6.29. The van der Waals surface area contributed by atoms with Gasteiger partial charge in [-0.2, -0.15) is 0 Å². The topological polar surface area (TPSA) is 32.9 Å². The monoisotopic (exact) mass is 183 g/mol. The van der Waals surface area contributed by atoms with Crippen LogP contribution >= 0.6 is 11.6 Å². The molecule has 0 saturated carbocycles. The van der Waals surface area contributed by atoms with Crippen LogP contribution in [0.1, 0.15) is 30.0 Å². The van der Waals surface area contributed by atoms with E-state index in [1.165, 1.54) is 0 Å². The Morgan fingerprint density at radius 1 is 1.67 bits per heavy atom. The molecule has 1 unspecified atom stereocenters. The number of aromatic amines is 1. The van der Waals surface area contributed by atoms with Gasteiger partial charge in [0, 0.05) is 11.6 Å². The van der Waals surface area contributed by atoms with E-state index in [0.717, 1.165) is 36.8 Å². The fraction of sp³-hybridized carbons (Fsp3) is 0.444. The highest BCUT2D eigenvalue weighted by atomic mass is 35.5. The van der Waals surface area contributed by atoms with E-state index in [-0.39, 0.29) is 5.92 Å². The number of nitrogens with one attached hydrogen (secondary N) is 1. The fourth-order valence-electron chi connectivity index (χ4n) is 1.81. The number of halogens is 1. The Morgan fingerprint density at radius 3 is 3.25 bits per heavy atom. The number of rotatable bonds is 1. The van der Waals surface area contributed by atoms with Gasteiger partial charge >= 0.3 is 0 Å². The predicted octanol–water partition coefficient (Wildman–Crippen LogP) is 2.29. The van der Waals surface area contributed by atoms with Crippen LogP contribution in [0.4, 0.5) is 0 Å². The minimum Gasteiger partial charge on any atom is -0.349 e. The van der Waals surface area contributed by atoms with Crippen LogP contribution in [0.5, 0.6) is 0 Å². The van der Waals surface area contributed by atoms with E-state index >= 15 is 0 Å². The summed E-state index contributed by atoms with van der Waals surface area (Å²) >= 11 is 5.80. The molecule has 1 aliphatic carbocycles. The van der Waals surface area contributed by atoms with Gasteiger partial charge in [0.25, 0.3) is 0 Å². The van der Waals surface area contributed by atoms with Gasteiger partial charge in [0.2, 0.25) is 0 Å². The van der Waals surface area contributed by atoms with Crippen LogP contribution < -0.4 is 0 Å². The van der Waals surface area contributed by atoms with Gasteiger partial charge in [0.15, 0.2) is 0 Å². The summed E-state index contributed by atoms with van der Waals surface area (Å²) in [7, 11) is 0. The maximum atomic E-state index is 10.7. The Kier molecular flexibility index (Phi) is 1.93. The van der Waals surface area contributed by atoms with E-state index in [0.29, 0.717) is 5.15 Å². The highest BCUT2D eigenvalue weighted by Gasteiger charge is 2.21.